The molecule has 0 aromatic heterocycles. The molecule has 1 aliphatic carbocycles. The van der Waals surface area contributed by atoms with Crippen LogP contribution >= 0.6 is 0 Å². The van der Waals surface area contributed by atoms with Crippen molar-refractivity contribution in [3.63, 3.8) is 0 Å². The minimum absolute atomic E-state index is 0.463. The van der Waals surface area contributed by atoms with E-state index in [1.807, 2.05) is 0 Å². The van der Waals surface area contributed by atoms with Crippen molar-refractivity contribution in [2.75, 3.05) is 6.54 Å². The van der Waals surface area contributed by atoms with Gasteiger partial charge in [0.05, 0.1) is 4.92 Å². The van der Waals surface area contributed by atoms with E-state index in [2.05, 4.69) is 12.2 Å². The fourth-order valence-electron chi connectivity index (χ4n) is 2.91. The van der Waals surface area contributed by atoms with Crippen LogP contribution in [-0.2, 0) is 6.54 Å². The zero-order valence-electron chi connectivity index (χ0n) is 11.8. The Kier molecular flexibility index (Phi) is 5.06. The van der Waals surface area contributed by atoms with E-state index in [1.54, 1.807) is 6.07 Å². The normalized spacial score (nSPS) is 22.7. The van der Waals surface area contributed by atoms with Gasteiger partial charge in [-0.25, -0.2) is 0 Å². The molecule has 0 amide bonds. The predicted octanol–water partition coefficient (Wildman–Crippen LogP) is 3.65. The minimum atomic E-state index is -0.764. The molecule has 1 aromatic rings. The van der Waals surface area contributed by atoms with E-state index >= 15 is 0 Å². The molecule has 1 aromatic carbocycles. The number of hydrogen-bond acceptors (Lipinski definition) is 3. The molecule has 2 atom stereocenters. The maximum atomic E-state index is 13.5. The Bertz CT molecular complexity index is 479. The largest absolute Gasteiger partial charge is 0.312 e. The Hall–Kier alpha value is -1.49. The number of benzene rings is 1. The number of nitrogens with zero attached hydrogens (tertiary/aromatic N) is 1. The Labute approximate surface area is 118 Å². The summed E-state index contributed by atoms with van der Waals surface area (Å²) < 4.78 is 13.5. The summed E-state index contributed by atoms with van der Waals surface area (Å²) in [5, 5.41) is 13.9. The van der Waals surface area contributed by atoms with Crippen molar-refractivity contribution in [1.29, 1.82) is 0 Å². The maximum absolute atomic E-state index is 13.5. The van der Waals surface area contributed by atoms with E-state index in [0.29, 0.717) is 12.5 Å². The Morgan fingerprint density at radius 3 is 2.80 bits per heavy atom. The molecule has 0 bridgehead atoms. The summed E-state index contributed by atoms with van der Waals surface area (Å²) in [4.78, 5) is 9.84. The lowest BCUT2D eigenvalue weighted by Crippen LogP contribution is -2.29. The number of halogens is 1. The summed E-state index contributed by atoms with van der Waals surface area (Å²) in [5.41, 5.74) is 0.284. The lowest BCUT2D eigenvalue weighted by Gasteiger charge is -2.28. The molecule has 2 rings (SSSR count). The zero-order valence-corrected chi connectivity index (χ0v) is 11.8. The lowest BCUT2D eigenvalue weighted by molar-refractivity contribution is -0.387. The Balaban J connectivity index is 1.85. The average molecular weight is 280 g/mol. The van der Waals surface area contributed by atoms with Gasteiger partial charge < -0.3 is 5.32 Å². The van der Waals surface area contributed by atoms with Crippen LogP contribution < -0.4 is 5.32 Å². The first-order valence-corrected chi connectivity index (χ1v) is 7.21. The van der Waals surface area contributed by atoms with Crippen molar-refractivity contribution in [1.82, 2.24) is 5.32 Å². The second-order valence-corrected chi connectivity index (χ2v) is 5.70. The summed E-state index contributed by atoms with van der Waals surface area (Å²) in [7, 11) is 0. The first-order chi connectivity index (χ1) is 9.58. The molecule has 1 saturated carbocycles. The van der Waals surface area contributed by atoms with Crippen LogP contribution in [0.3, 0.4) is 0 Å². The standard InChI is InChI=1S/C15H21FN2O2/c1-11-4-2-3-5-13(11)10-17-9-12-6-7-15(18(19)20)14(16)8-12/h6-8,11,13,17H,2-5,9-10H2,1H3. The maximum Gasteiger partial charge on any atom is 0.304 e. The van der Waals surface area contributed by atoms with Gasteiger partial charge in [-0.3, -0.25) is 10.1 Å². The molecule has 0 aliphatic heterocycles. The number of hydrogen-bond donors (Lipinski definition) is 1. The molecule has 0 heterocycles. The van der Waals surface area contributed by atoms with E-state index < -0.39 is 16.4 Å². The molecule has 1 N–H and O–H groups in total. The third kappa shape index (κ3) is 3.76. The van der Waals surface area contributed by atoms with Crippen LogP contribution in [0.5, 0.6) is 0 Å². The van der Waals surface area contributed by atoms with Gasteiger partial charge in [0, 0.05) is 12.6 Å². The first-order valence-electron chi connectivity index (χ1n) is 7.21. The molecule has 2 unspecified atom stereocenters. The highest BCUT2D eigenvalue weighted by molar-refractivity contribution is 5.34. The van der Waals surface area contributed by atoms with Crippen LogP contribution in [0.2, 0.25) is 0 Å². The van der Waals surface area contributed by atoms with Gasteiger partial charge in [0.25, 0.3) is 0 Å². The van der Waals surface area contributed by atoms with Crippen LogP contribution in [0.4, 0.5) is 10.1 Å². The van der Waals surface area contributed by atoms with Crippen molar-refractivity contribution in [2.24, 2.45) is 11.8 Å². The molecular weight excluding hydrogens is 259 g/mol. The van der Waals surface area contributed by atoms with Gasteiger partial charge >= 0.3 is 5.69 Å². The molecule has 0 radical (unpaired) electrons. The van der Waals surface area contributed by atoms with E-state index in [-0.39, 0.29) is 0 Å². The Morgan fingerprint density at radius 2 is 2.15 bits per heavy atom. The summed E-state index contributed by atoms with van der Waals surface area (Å²) in [6, 6.07) is 4.09. The Morgan fingerprint density at radius 1 is 1.40 bits per heavy atom. The summed E-state index contributed by atoms with van der Waals surface area (Å²) >= 11 is 0. The third-order valence-corrected chi connectivity index (χ3v) is 4.23. The van der Waals surface area contributed by atoms with Gasteiger partial charge in [-0.1, -0.05) is 32.3 Å². The van der Waals surface area contributed by atoms with Crippen molar-refractivity contribution in [2.45, 2.75) is 39.2 Å². The third-order valence-electron chi connectivity index (χ3n) is 4.23. The highest BCUT2D eigenvalue weighted by atomic mass is 19.1. The SMILES string of the molecule is CC1CCCCC1CNCc1ccc([N+](=O)[O-])c(F)c1. The van der Waals surface area contributed by atoms with Gasteiger partial charge in [-0.05, 0) is 36.4 Å². The zero-order chi connectivity index (χ0) is 14.5. The van der Waals surface area contributed by atoms with E-state index in [1.165, 1.54) is 37.8 Å². The molecule has 110 valence electrons. The molecule has 20 heavy (non-hydrogen) atoms. The summed E-state index contributed by atoms with van der Waals surface area (Å²) in [5.74, 6) is 0.664. The highest BCUT2D eigenvalue weighted by Gasteiger charge is 2.20. The van der Waals surface area contributed by atoms with Gasteiger partial charge in [0.2, 0.25) is 5.82 Å². The highest BCUT2D eigenvalue weighted by Crippen LogP contribution is 2.29. The van der Waals surface area contributed by atoms with Gasteiger partial charge in [-0.2, -0.15) is 4.39 Å². The topological polar surface area (TPSA) is 55.2 Å². The van der Waals surface area contributed by atoms with Crippen molar-refractivity contribution in [3.8, 4) is 0 Å². The number of nitro groups is 1. The van der Waals surface area contributed by atoms with Crippen LogP contribution in [0.25, 0.3) is 0 Å². The molecule has 0 spiro atoms. The molecular formula is C15H21FN2O2. The van der Waals surface area contributed by atoms with Crippen LogP contribution in [0.1, 0.15) is 38.2 Å². The molecule has 4 nitrogen and oxygen atoms in total. The lowest BCUT2D eigenvalue weighted by atomic mass is 9.80. The quantitative estimate of drug-likeness (QED) is 0.661. The number of nitrogens with one attached hydrogen (secondary N) is 1. The second-order valence-electron chi connectivity index (χ2n) is 5.70. The van der Waals surface area contributed by atoms with Gasteiger partial charge in [-0.15, -0.1) is 0 Å². The van der Waals surface area contributed by atoms with Crippen molar-refractivity contribution >= 4 is 5.69 Å². The van der Waals surface area contributed by atoms with Crippen LogP contribution in [-0.4, -0.2) is 11.5 Å². The molecule has 1 aliphatic rings. The van der Waals surface area contributed by atoms with Crippen LogP contribution in [0.15, 0.2) is 18.2 Å². The van der Waals surface area contributed by atoms with Crippen molar-refractivity contribution < 1.29 is 9.31 Å². The van der Waals surface area contributed by atoms with Crippen molar-refractivity contribution in [3.05, 3.63) is 39.7 Å². The monoisotopic (exact) mass is 280 g/mol. The predicted molar refractivity (Wildman–Crippen MR) is 75.9 cm³/mol. The fraction of sp³-hybridized carbons (Fsp3) is 0.600. The van der Waals surface area contributed by atoms with Gasteiger partial charge in [0.1, 0.15) is 0 Å². The fourth-order valence-corrected chi connectivity index (χ4v) is 2.91. The summed E-state index contributed by atoms with van der Waals surface area (Å²) in [6.45, 7) is 3.77. The van der Waals surface area contributed by atoms with Gasteiger partial charge in [0.15, 0.2) is 0 Å². The average Bonchev–Trinajstić information content (AvgIpc) is 2.40. The second kappa shape index (κ2) is 6.79. The number of rotatable bonds is 5. The minimum Gasteiger partial charge on any atom is -0.312 e. The number of nitro benzene ring substituents is 1. The molecule has 5 heteroatoms. The smallest absolute Gasteiger partial charge is 0.304 e. The molecule has 1 fully saturated rings. The summed E-state index contributed by atoms with van der Waals surface area (Å²) in [6.07, 6.45) is 5.16. The molecule has 0 saturated heterocycles. The van der Waals surface area contributed by atoms with E-state index in [9.17, 15) is 14.5 Å². The van der Waals surface area contributed by atoms with E-state index in [0.717, 1.165) is 18.0 Å². The van der Waals surface area contributed by atoms with Crippen LogP contribution in [0, 0.1) is 27.8 Å². The van der Waals surface area contributed by atoms with E-state index in [4.69, 9.17) is 0 Å². The first kappa shape index (κ1) is 14.9.